The van der Waals surface area contributed by atoms with Gasteiger partial charge in [-0.25, -0.2) is 9.78 Å². The highest BCUT2D eigenvalue weighted by atomic mass is 16.2. The summed E-state index contributed by atoms with van der Waals surface area (Å²) in [6, 6.07) is 5.70. The molecular weight excluding hydrogens is 406 g/mol. The maximum Gasteiger partial charge on any atom is 0.320 e. The maximum absolute atomic E-state index is 13.5. The van der Waals surface area contributed by atoms with Gasteiger partial charge in [0, 0.05) is 66.1 Å². The van der Waals surface area contributed by atoms with Crippen molar-refractivity contribution in [2.24, 2.45) is 0 Å². The van der Waals surface area contributed by atoms with E-state index in [1.807, 2.05) is 38.6 Å². The first-order chi connectivity index (χ1) is 15.4. The van der Waals surface area contributed by atoms with E-state index in [2.05, 4.69) is 23.9 Å². The second-order valence-electron chi connectivity index (χ2n) is 9.24. The van der Waals surface area contributed by atoms with Gasteiger partial charge in [-0.15, -0.1) is 0 Å². The van der Waals surface area contributed by atoms with Gasteiger partial charge in [0.05, 0.1) is 11.6 Å². The molecule has 9 heteroatoms. The maximum atomic E-state index is 13.5. The van der Waals surface area contributed by atoms with Gasteiger partial charge in [-0.05, 0) is 39.1 Å². The van der Waals surface area contributed by atoms with E-state index in [4.69, 9.17) is 4.98 Å². The van der Waals surface area contributed by atoms with Crippen molar-refractivity contribution in [2.45, 2.75) is 18.9 Å². The zero-order chi connectivity index (χ0) is 22.8. The summed E-state index contributed by atoms with van der Waals surface area (Å²) < 4.78 is 1.99. The zero-order valence-electron chi connectivity index (χ0n) is 19.7. The van der Waals surface area contributed by atoms with Crippen LogP contribution >= 0.6 is 0 Å². The van der Waals surface area contributed by atoms with E-state index in [0.717, 1.165) is 50.4 Å². The number of pyridine rings is 1. The average molecular weight is 442 g/mol. The van der Waals surface area contributed by atoms with Crippen molar-refractivity contribution in [3.05, 3.63) is 35.9 Å². The van der Waals surface area contributed by atoms with Gasteiger partial charge in [0.2, 0.25) is 0 Å². The lowest BCUT2D eigenvalue weighted by molar-refractivity contribution is 0.0626. The van der Waals surface area contributed by atoms with Crippen LogP contribution in [0.5, 0.6) is 0 Å². The summed E-state index contributed by atoms with van der Waals surface area (Å²) in [5.41, 5.74) is 1.30. The van der Waals surface area contributed by atoms with Gasteiger partial charge >= 0.3 is 6.03 Å². The minimum absolute atomic E-state index is 0.0121. The summed E-state index contributed by atoms with van der Waals surface area (Å²) in [7, 11) is 7.71. The summed E-state index contributed by atoms with van der Waals surface area (Å²) in [6.07, 6.45) is 3.74. The molecule has 0 spiro atoms. The Kier molecular flexibility index (Phi) is 6.66. The Morgan fingerprint density at radius 2 is 1.81 bits per heavy atom. The number of urea groups is 1. The van der Waals surface area contributed by atoms with Crippen molar-refractivity contribution in [1.82, 2.24) is 33.9 Å². The Hall–Kier alpha value is -2.65. The van der Waals surface area contributed by atoms with Crippen molar-refractivity contribution in [1.29, 1.82) is 0 Å². The summed E-state index contributed by atoms with van der Waals surface area (Å²) >= 11 is 0. The zero-order valence-corrected chi connectivity index (χ0v) is 19.7. The number of aromatic nitrogens is 2. The number of likely N-dealkylation sites (tertiary alicyclic amines) is 1. The molecule has 2 aromatic rings. The van der Waals surface area contributed by atoms with E-state index >= 15 is 0 Å². The second-order valence-corrected chi connectivity index (χ2v) is 9.24. The van der Waals surface area contributed by atoms with Gasteiger partial charge in [-0.2, -0.15) is 0 Å². The molecule has 0 bridgehead atoms. The van der Waals surface area contributed by atoms with E-state index in [9.17, 15) is 9.59 Å². The highest BCUT2D eigenvalue weighted by Crippen LogP contribution is 2.33. The van der Waals surface area contributed by atoms with Crippen LogP contribution in [0.3, 0.4) is 0 Å². The molecule has 0 aromatic carbocycles. The van der Waals surface area contributed by atoms with Gasteiger partial charge in [0.1, 0.15) is 5.82 Å². The lowest BCUT2D eigenvalue weighted by Crippen LogP contribution is -2.50. The first-order valence-corrected chi connectivity index (χ1v) is 11.5. The van der Waals surface area contributed by atoms with Crippen molar-refractivity contribution in [3.63, 3.8) is 0 Å². The van der Waals surface area contributed by atoms with Crippen LogP contribution in [-0.2, 0) is 0 Å². The predicted molar refractivity (Wildman–Crippen MR) is 124 cm³/mol. The molecule has 1 atom stereocenters. The fourth-order valence-corrected chi connectivity index (χ4v) is 4.64. The van der Waals surface area contributed by atoms with E-state index in [0.29, 0.717) is 25.3 Å². The summed E-state index contributed by atoms with van der Waals surface area (Å²) in [5, 5.41) is 0. The molecule has 4 rings (SSSR count). The molecule has 9 nitrogen and oxygen atoms in total. The summed E-state index contributed by atoms with van der Waals surface area (Å²) in [4.78, 5) is 41.0. The fourth-order valence-electron chi connectivity index (χ4n) is 4.64. The number of nitrogens with zero attached hydrogens (tertiary/aromatic N) is 7. The third-order valence-corrected chi connectivity index (χ3v) is 6.48. The summed E-state index contributed by atoms with van der Waals surface area (Å²) in [5.74, 6) is 0.761. The first-order valence-electron chi connectivity index (χ1n) is 11.5. The van der Waals surface area contributed by atoms with Crippen LogP contribution in [0.25, 0.3) is 5.52 Å². The smallest absolute Gasteiger partial charge is 0.320 e. The third kappa shape index (κ3) is 4.45. The standard InChI is InChI=1S/C23H35N7O2/c1-25(2)12-13-27-14-16-28(17-15-27)22(31)20-18-8-5-6-10-29(18)21(24-20)19-9-7-11-30(19)23(32)26(3)4/h5-6,8,10,19H,7,9,11-17H2,1-4H3/t19-/m1/s1. The lowest BCUT2D eigenvalue weighted by Gasteiger charge is -2.34. The van der Waals surface area contributed by atoms with Crippen molar-refractivity contribution < 1.29 is 9.59 Å². The Labute approximate surface area is 190 Å². The number of hydrogen-bond donors (Lipinski definition) is 0. The minimum atomic E-state index is -0.121. The molecule has 0 N–H and O–H groups in total. The SMILES string of the molecule is CN(C)CCN1CCN(C(=O)c2nc([C@H]3CCCN3C(=O)N(C)C)n3ccccc23)CC1. The monoisotopic (exact) mass is 441 g/mol. The molecule has 0 saturated carbocycles. The molecule has 2 fully saturated rings. The van der Waals surface area contributed by atoms with Crippen LogP contribution in [0.15, 0.2) is 24.4 Å². The number of rotatable bonds is 5. The van der Waals surface area contributed by atoms with Crippen LogP contribution in [-0.4, -0.2) is 120 Å². The molecule has 2 saturated heterocycles. The number of piperazine rings is 1. The molecule has 32 heavy (non-hydrogen) atoms. The van der Waals surface area contributed by atoms with E-state index < -0.39 is 0 Å². The molecule has 3 amide bonds. The van der Waals surface area contributed by atoms with Gasteiger partial charge < -0.3 is 24.0 Å². The van der Waals surface area contributed by atoms with Crippen molar-refractivity contribution in [2.75, 3.05) is 74.0 Å². The Balaban J connectivity index is 1.56. The van der Waals surface area contributed by atoms with Crippen LogP contribution in [0.1, 0.15) is 35.2 Å². The summed E-state index contributed by atoms with van der Waals surface area (Å²) in [6.45, 7) is 5.93. The minimum Gasteiger partial charge on any atom is -0.335 e. The van der Waals surface area contributed by atoms with Crippen molar-refractivity contribution in [3.8, 4) is 0 Å². The number of fused-ring (bicyclic) bond motifs is 1. The van der Waals surface area contributed by atoms with Crippen LogP contribution in [0.2, 0.25) is 0 Å². The molecular formula is C23H35N7O2. The topological polar surface area (TPSA) is 67.6 Å². The number of imidazole rings is 1. The number of carbonyl (C=O) groups is 2. The van der Waals surface area contributed by atoms with Gasteiger partial charge in [-0.1, -0.05) is 6.07 Å². The molecule has 174 valence electrons. The Morgan fingerprint density at radius 1 is 1.06 bits per heavy atom. The van der Waals surface area contributed by atoms with E-state index in [1.54, 1.807) is 19.0 Å². The lowest BCUT2D eigenvalue weighted by atomic mass is 10.2. The molecule has 2 aromatic heterocycles. The van der Waals surface area contributed by atoms with Crippen LogP contribution in [0, 0.1) is 0 Å². The molecule has 0 radical (unpaired) electrons. The normalized spacial score (nSPS) is 19.8. The molecule has 2 aliphatic rings. The fraction of sp³-hybridized carbons (Fsp3) is 0.609. The largest absolute Gasteiger partial charge is 0.335 e. The molecule has 4 heterocycles. The number of carbonyl (C=O) groups excluding carboxylic acids is 2. The van der Waals surface area contributed by atoms with Gasteiger partial charge in [-0.3, -0.25) is 9.69 Å². The average Bonchev–Trinajstić information content (AvgIpc) is 3.41. The van der Waals surface area contributed by atoms with Gasteiger partial charge in [0.15, 0.2) is 5.69 Å². The third-order valence-electron chi connectivity index (χ3n) is 6.48. The molecule has 2 aliphatic heterocycles. The molecule has 0 unspecified atom stereocenters. The first kappa shape index (κ1) is 22.5. The highest BCUT2D eigenvalue weighted by molar-refractivity contribution is 5.99. The van der Waals surface area contributed by atoms with Crippen LogP contribution in [0.4, 0.5) is 4.79 Å². The Morgan fingerprint density at radius 3 is 2.50 bits per heavy atom. The predicted octanol–water partition coefficient (Wildman–Crippen LogP) is 1.47. The second kappa shape index (κ2) is 9.46. The Bertz CT molecular complexity index is 962. The quantitative estimate of drug-likeness (QED) is 0.703. The number of amides is 3. The molecule has 0 aliphatic carbocycles. The van der Waals surface area contributed by atoms with E-state index in [-0.39, 0.29) is 18.0 Å². The van der Waals surface area contributed by atoms with Crippen LogP contribution < -0.4 is 0 Å². The number of likely N-dealkylation sites (N-methyl/N-ethyl adjacent to an activating group) is 1. The number of hydrogen-bond acceptors (Lipinski definition) is 5. The van der Waals surface area contributed by atoms with Gasteiger partial charge in [0.25, 0.3) is 5.91 Å². The van der Waals surface area contributed by atoms with E-state index in [1.165, 1.54) is 0 Å². The highest BCUT2D eigenvalue weighted by Gasteiger charge is 2.35. The van der Waals surface area contributed by atoms with Crippen molar-refractivity contribution >= 4 is 17.5 Å².